The van der Waals surface area contributed by atoms with Crippen molar-refractivity contribution in [3.63, 3.8) is 0 Å². The van der Waals surface area contributed by atoms with Gasteiger partial charge in [0, 0.05) is 17.1 Å². The first-order chi connectivity index (χ1) is 14.6. The van der Waals surface area contributed by atoms with E-state index in [9.17, 15) is 9.59 Å². The second kappa shape index (κ2) is 9.02. The molecule has 0 amide bonds. The molecular formula is C22H21ClN4O2S. The zero-order valence-corrected chi connectivity index (χ0v) is 18.1. The Kier molecular flexibility index (Phi) is 6.20. The van der Waals surface area contributed by atoms with E-state index in [2.05, 4.69) is 17.1 Å². The van der Waals surface area contributed by atoms with Crippen molar-refractivity contribution in [2.75, 3.05) is 5.75 Å². The lowest BCUT2D eigenvalue weighted by atomic mass is 10.1. The second-order valence-corrected chi connectivity index (χ2v) is 8.40. The minimum absolute atomic E-state index is 0.0195. The Labute approximate surface area is 182 Å². The summed E-state index contributed by atoms with van der Waals surface area (Å²) in [5, 5.41) is 10.4. The van der Waals surface area contributed by atoms with Crippen LogP contribution in [0, 0.1) is 0 Å². The van der Waals surface area contributed by atoms with Crippen LogP contribution in [-0.4, -0.2) is 30.7 Å². The van der Waals surface area contributed by atoms with Crippen LogP contribution in [0.2, 0.25) is 5.02 Å². The Morgan fingerprint density at radius 1 is 1.07 bits per heavy atom. The van der Waals surface area contributed by atoms with Gasteiger partial charge in [0.2, 0.25) is 5.78 Å². The van der Waals surface area contributed by atoms with Gasteiger partial charge in [-0.25, -0.2) is 0 Å². The number of aromatic nitrogens is 4. The fourth-order valence-electron chi connectivity index (χ4n) is 3.40. The lowest BCUT2D eigenvalue weighted by Crippen LogP contribution is -2.23. The number of hydrogen-bond donors (Lipinski definition) is 0. The summed E-state index contributed by atoms with van der Waals surface area (Å²) in [6, 6.07) is 14.3. The summed E-state index contributed by atoms with van der Waals surface area (Å²) >= 11 is 7.22. The number of aryl methyl sites for hydroxylation is 1. The number of para-hydroxylation sites is 1. The van der Waals surface area contributed by atoms with Crippen LogP contribution in [-0.2, 0) is 6.54 Å². The number of fused-ring (bicyclic) bond motifs is 3. The Balaban J connectivity index is 1.71. The quantitative estimate of drug-likeness (QED) is 0.222. The Morgan fingerprint density at radius 3 is 2.60 bits per heavy atom. The lowest BCUT2D eigenvalue weighted by Gasteiger charge is -2.11. The summed E-state index contributed by atoms with van der Waals surface area (Å²) in [6.45, 7) is 2.72. The van der Waals surface area contributed by atoms with Crippen LogP contribution in [0.1, 0.15) is 36.5 Å². The SMILES string of the molecule is CCCCCn1c(=O)c2ccccc2n2c(SCC(=O)c3ccc(Cl)cc3)nnc12. The number of carbonyl (C=O) groups excluding carboxylic acids is 1. The maximum absolute atomic E-state index is 13.0. The van der Waals surface area contributed by atoms with E-state index >= 15 is 0 Å². The average Bonchev–Trinajstić information content (AvgIpc) is 3.19. The second-order valence-electron chi connectivity index (χ2n) is 7.02. The van der Waals surface area contributed by atoms with Gasteiger partial charge in [0.15, 0.2) is 10.9 Å². The van der Waals surface area contributed by atoms with Crippen molar-refractivity contribution in [1.82, 2.24) is 19.2 Å². The third-order valence-corrected chi connectivity index (χ3v) is 6.14. The van der Waals surface area contributed by atoms with Crippen LogP contribution in [0.25, 0.3) is 16.7 Å². The highest BCUT2D eigenvalue weighted by atomic mass is 35.5. The van der Waals surface area contributed by atoms with Crippen molar-refractivity contribution >= 4 is 45.8 Å². The molecule has 2 heterocycles. The van der Waals surface area contributed by atoms with Crippen LogP contribution in [0.15, 0.2) is 58.5 Å². The number of ketones is 1. The molecule has 4 rings (SSSR count). The summed E-state index contributed by atoms with van der Waals surface area (Å²) in [5.41, 5.74) is 1.29. The van der Waals surface area contributed by atoms with E-state index in [0.717, 1.165) is 24.8 Å². The monoisotopic (exact) mass is 440 g/mol. The van der Waals surface area contributed by atoms with Gasteiger partial charge >= 0.3 is 0 Å². The Hall–Kier alpha value is -2.64. The van der Waals surface area contributed by atoms with Gasteiger partial charge in [-0.1, -0.05) is 55.3 Å². The molecule has 0 aliphatic heterocycles. The predicted molar refractivity (Wildman–Crippen MR) is 121 cm³/mol. The highest BCUT2D eigenvalue weighted by Gasteiger charge is 2.17. The molecule has 0 saturated carbocycles. The third kappa shape index (κ3) is 4.00. The number of thioether (sulfide) groups is 1. The number of hydrogen-bond acceptors (Lipinski definition) is 5. The number of rotatable bonds is 8. The molecule has 0 saturated heterocycles. The molecule has 0 atom stereocenters. The fourth-order valence-corrected chi connectivity index (χ4v) is 4.36. The molecule has 0 radical (unpaired) electrons. The summed E-state index contributed by atoms with van der Waals surface area (Å²) < 4.78 is 3.57. The smallest absolute Gasteiger partial charge is 0.262 e. The fraction of sp³-hybridized carbons (Fsp3) is 0.273. The summed E-state index contributed by atoms with van der Waals surface area (Å²) in [7, 11) is 0. The number of nitrogens with zero attached hydrogens (tertiary/aromatic N) is 4. The summed E-state index contributed by atoms with van der Waals surface area (Å²) in [5.74, 6) is 0.705. The Morgan fingerprint density at radius 2 is 1.83 bits per heavy atom. The molecule has 0 unspecified atom stereocenters. The first kappa shape index (κ1) is 20.6. The molecule has 8 heteroatoms. The molecule has 0 bridgehead atoms. The van der Waals surface area contributed by atoms with Crippen molar-refractivity contribution in [3.05, 3.63) is 69.5 Å². The third-order valence-electron chi connectivity index (χ3n) is 4.96. The van der Waals surface area contributed by atoms with Crippen LogP contribution < -0.4 is 5.56 Å². The molecule has 0 aliphatic carbocycles. The van der Waals surface area contributed by atoms with E-state index < -0.39 is 0 Å². The van der Waals surface area contributed by atoms with E-state index in [1.54, 1.807) is 28.8 Å². The normalized spacial score (nSPS) is 11.4. The van der Waals surface area contributed by atoms with Crippen molar-refractivity contribution < 1.29 is 4.79 Å². The standard InChI is InChI=1S/C22H21ClN4O2S/c1-2-3-6-13-26-20(29)17-7-4-5-8-18(17)27-21(26)24-25-22(27)30-14-19(28)15-9-11-16(23)12-10-15/h4-5,7-12H,2-3,6,13-14H2,1H3. The van der Waals surface area contributed by atoms with Crippen molar-refractivity contribution in [2.45, 2.75) is 37.9 Å². The van der Waals surface area contributed by atoms with Crippen LogP contribution in [0.5, 0.6) is 0 Å². The Bertz CT molecular complexity index is 1260. The van der Waals surface area contributed by atoms with E-state index in [1.807, 2.05) is 28.7 Å². The minimum Gasteiger partial charge on any atom is -0.293 e. The largest absolute Gasteiger partial charge is 0.293 e. The predicted octanol–water partition coefficient (Wildman–Crippen LogP) is 4.86. The van der Waals surface area contributed by atoms with Crippen LogP contribution in [0.3, 0.4) is 0 Å². The molecule has 2 aromatic carbocycles. The number of Topliss-reactive ketones (excluding diaryl/α,β-unsaturated/α-hetero) is 1. The zero-order valence-electron chi connectivity index (χ0n) is 16.5. The molecule has 0 aliphatic rings. The molecular weight excluding hydrogens is 420 g/mol. The highest BCUT2D eigenvalue weighted by Crippen LogP contribution is 2.23. The topological polar surface area (TPSA) is 69.3 Å². The average molecular weight is 441 g/mol. The van der Waals surface area contributed by atoms with Gasteiger partial charge in [0.25, 0.3) is 5.56 Å². The molecule has 154 valence electrons. The molecule has 0 spiro atoms. The first-order valence-electron chi connectivity index (χ1n) is 9.88. The van der Waals surface area contributed by atoms with Gasteiger partial charge in [-0.3, -0.25) is 18.6 Å². The van der Waals surface area contributed by atoms with Crippen LogP contribution >= 0.6 is 23.4 Å². The molecule has 4 aromatic rings. The summed E-state index contributed by atoms with van der Waals surface area (Å²) in [4.78, 5) is 25.6. The van der Waals surface area contributed by atoms with E-state index in [-0.39, 0.29) is 17.1 Å². The minimum atomic E-state index is -0.0598. The zero-order chi connectivity index (χ0) is 21.1. The van der Waals surface area contributed by atoms with E-state index in [0.29, 0.717) is 33.5 Å². The molecule has 2 aromatic heterocycles. The number of unbranched alkanes of at least 4 members (excludes halogenated alkanes) is 2. The van der Waals surface area contributed by atoms with Crippen LogP contribution in [0.4, 0.5) is 0 Å². The van der Waals surface area contributed by atoms with Gasteiger partial charge in [0.1, 0.15) is 0 Å². The first-order valence-corrected chi connectivity index (χ1v) is 11.2. The van der Waals surface area contributed by atoms with Crippen molar-refractivity contribution in [2.24, 2.45) is 0 Å². The van der Waals surface area contributed by atoms with E-state index in [1.165, 1.54) is 11.8 Å². The molecule has 6 nitrogen and oxygen atoms in total. The molecule has 30 heavy (non-hydrogen) atoms. The van der Waals surface area contributed by atoms with Gasteiger partial charge in [0.05, 0.1) is 16.7 Å². The number of benzene rings is 2. The molecule has 0 N–H and O–H groups in total. The summed E-state index contributed by atoms with van der Waals surface area (Å²) in [6.07, 6.45) is 3.00. The van der Waals surface area contributed by atoms with Gasteiger partial charge in [-0.2, -0.15) is 0 Å². The van der Waals surface area contributed by atoms with Gasteiger partial charge in [-0.15, -0.1) is 10.2 Å². The van der Waals surface area contributed by atoms with Crippen molar-refractivity contribution in [1.29, 1.82) is 0 Å². The lowest BCUT2D eigenvalue weighted by molar-refractivity contribution is 0.102. The highest BCUT2D eigenvalue weighted by molar-refractivity contribution is 7.99. The maximum Gasteiger partial charge on any atom is 0.262 e. The maximum atomic E-state index is 13.0. The number of carbonyl (C=O) groups is 1. The van der Waals surface area contributed by atoms with E-state index in [4.69, 9.17) is 11.6 Å². The van der Waals surface area contributed by atoms with Gasteiger partial charge < -0.3 is 0 Å². The number of halogens is 1. The van der Waals surface area contributed by atoms with Gasteiger partial charge in [-0.05, 0) is 42.8 Å². The molecule has 0 fully saturated rings. The van der Waals surface area contributed by atoms with Crippen molar-refractivity contribution in [3.8, 4) is 0 Å².